The molecule has 3 heteroatoms. The lowest BCUT2D eigenvalue weighted by molar-refractivity contribution is 0.00141. The van der Waals surface area contributed by atoms with Gasteiger partial charge >= 0.3 is 0 Å². The molecule has 1 aromatic rings. The van der Waals surface area contributed by atoms with Crippen LogP contribution in [0.15, 0.2) is 18.3 Å². The molecule has 2 unspecified atom stereocenters. The summed E-state index contributed by atoms with van der Waals surface area (Å²) in [4.78, 5) is 4.41. The molecule has 0 radical (unpaired) electrons. The van der Waals surface area contributed by atoms with Gasteiger partial charge in [0.15, 0.2) is 0 Å². The number of aromatic nitrogens is 1. The lowest BCUT2D eigenvalue weighted by Crippen LogP contribution is -2.36. The van der Waals surface area contributed by atoms with Crippen molar-refractivity contribution in [3.8, 4) is 0 Å². The molecule has 2 atom stereocenters. The van der Waals surface area contributed by atoms with Crippen LogP contribution in [0.4, 0.5) is 0 Å². The molecule has 1 aliphatic heterocycles. The molecule has 15 heavy (non-hydrogen) atoms. The lowest BCUT2D eigenvalue weighted by Gasteiger charge is -2.27. The quantitative estimate of drug-likeness (QED) is 0.750. The number of nitrogens with zero attached hydrogens (tertiary/aromatic N) is 1. The van der Waals surface area contributed by atoms with E-state index in [0.717, 1.165) is 25.0 Å². The number of aliphatic hydroxyl groups is 1. The molecule has 1 saturated heterocycles. The average Bonchev–Trinajstić information content (AvgIpc) is 2.84. The molecule has 2 heterocycles. The van der Waals surface area contributed by atoms with Gasteiger partial charge < -0.3 is 9.84 Å². The third-order valence-corrected chi connectivity index (χ3v) is 3.64. The largest absolute Gasteiger partial charge is 0.387 e. The number of pyridine rings is 1. The van der Waals surface area contributed by atoms with Crippen molar-refractivity contribution in [1.29, 1.82) is 0 Å². The molecule has 3 rings (SSSR count). The van der Waals surface area contributed by atoms with E-state index in [4.69, 9.17) is 4.74 Å². The molecule has 0 spiro atoms. The van der Waals surface area contributed by atoms with E-state index in [1.807, 2.05) is 12.3 Å². The molecule has 0 amide bonds. The first-order valence-corrected chi connectivity index (χ1v) is 5.53. The van der Waals surface area contributed by atoms with Crippen LogP contribution in [0, 0.1) is 0 Å². The van der Waals surface area contributed by atoms with Crippen LogP contribution in [0.25, 0.3) is 0 Å². The smallest absolute Gasteiger partial charge is 0.0985 e. The monoisotopic (exact) mass is 205 g/mol. The first-order chi connectivity index (χ1) is 7.30. The Morgan fingerprint density at radius 2 is 2.47 bits per heavy atom. The maximum Gasteiger partial charge on any atom is 0.0985 e. The van der Waals surface area contributed by atoms with Crippen molar-refractivity contribution >= 4 is 0 Å². The Hall–Kier alpha value is -0.930. The topological polar surface area (TPSA) is 42.4 Å². The highest BCUT2D eigenvalue weighted by Gasteiger charge is 2.44. The molecule has 1 aliphatic carbocycles. The van der Waals surface area contributed by atoms with E-state index in [0.29, 0.717) is 13.2 Å². The second-order valence-electron chi connectivity index (χ2n) is 4.55. The molecule has 0 bridgehead atoms. The molecular formula is C12H15NO2. The van der Waals surface area contributed by atoms with Crippen molar-refractivity contribution in [3.63, 3.8) is 0 Å². The minimum Gasteiger partial charge on any atom is -0.387 e. The van der Waals surface area contributed by atoms with Gasteiger partial charge in [-0.05, 0) is 24.5 Å². The summed E-state index contributed by atoms with van der Waals surface area (Å²) < 4.78 is 5.31. The highest BCUT2D eigenvalue weighted by molar-refractivity contribution is 5.31. The van der Waals surface area contributed by atoms with E-state index in [1.165, 1.54) is 5.56 Å². The van der Waals surface area contributed by atoms with Crippen LogP contribution in [0.3, 0.4) is 0 Å². The number of aryl methyl sites for hydroxylation is 1. The Kier molecular flexibility index (Phi) is 2.04. The predicted molar refractivity (Wildman–Crippen MR) is 55.7 cm³/mol. The highest BCUT2D eigenvalue weighted by Crippen LogP contribution is 2.42. The Labute approximate surface area is 89.1 Å². The minimum absolute atomic E-state index is 0.177. The van der Waals surface area contributed by atoms with Crippen molar-refractivity contribution in [2.24, 2.45) is 0 Å². The molecular weight excluding hydrogens is 190 g/mol. The van der Waals surface area contributed by atoms with E-state index >= 15 is 0 Å². The Morgan fingerprint density at radius 3 is 3.27 bits per heavy atom. The second-order valence-corrected chi connectivity index (χ2v) is 4.55. The number of ether oxygens (including phenoxy) is 1. The first-order valence-electron chi connectivity index (χ1n) is 5.53. The van der Waals surface area contributed by atoms with E-state index < -0.39 is 5.60 Å². The molecule has 2 aliphatic rings. The summed E-state index contributed by atoms with van der Waals surface area (Å²) in [5.41, 5.74) is 1.72. The molecule has 0 saturated carbocycles. The summed E-state index contributed by atoms with van der Waals surface area (Å²) in [6, 6.07) is 4.08. The standard InChI is InChI=1S/C12H15NO2/c14-12(5-7-15-8-12)10-4-3-9-2-1-6-13-11(9)10/h1-2,6,10,14H,3-5,7-8H2. The van der Waals surface area contributed by atoms with Crippen LogP contribution in [-0.2, 0) is 11.2 Å². The summed E-state index contributed by atoms with van der Waals surface area (Å²) >= 11 is 0. The van der Waals surface area contributed by atoms with Crippen LogP contribution in [0.2, 0.25) is 0 Å². The van der Waals surface area contributed by atoms with E-state index in [1.54, 1.807) is 0 Å². The fraction of sp³-hybridized carbons (Fsp3) is 0.583. The maximum atomic E-state index is 10.5. The number of rotatable bonds is 1. The van der Waals surface area contributed by atoms with Gasteiger partial charge in [-0.2, -0.15) is 0 Å². The van der Waals surface area contributed by atoms with Crippen molar-refractivity contribution in [2.75, 3.05) is 13.2 Å². The molecule has 0 aromatic carbocycles. The van der Waals surface area contributed by atoms with Gasteiger partial charge in [-0.3, -0.25) is 4.98 Å². The summed E-state index contributed by atoms with van der Waals surface area (Å²) in [5, 5.41) is 10.5. The van der Waals surface area contributed by atoms with E-state index in [-0.39, 0.29) is 5.92 Å². The summed E-state index contributed by atoms with van der Waals surface area (Å²) in [5.74, 6) is 0.177. The fourth-order valence-corrected chi connectivity index (χ4v) is 2.78. The first kappa shape index (κ1) is 9.31. The van der Waals surface area contributed by atoms with Gasteiger partial charge in [-0.25, -0.2) is 0 Å². The van der Waals surface area contributed by atoms with Gasteiger partial charge in [0.05, 0.1) is 12.2 Å². The second kappa shape index (κ2) is 3.29. The normalized spacial score (nSPS) is 34.3. The Balaban J connectivity index is 1.96. The highest BCUT2D eigenvalue weighted by atomic mass is 16.5. The average molecular weight is 205 g/mol. The Bertz CT molecular complexity index is 372. The SMILES string of the molecule is OC1(C2CCc3cccnc32)CCOC1. The zero-order valence-electron chi connectivity index (χ0n) is 8.65. The lowest BCUT2D eigenvalue weighted by atomic mass is 9.85. The van der Waals surface area contributed by atoms with E-state index in [2.05, 4.69) is 11.1 Å². The molecule has 80 valence electrons. The molecule has 3 nitrogen and oxygen atoms in total. The van der Waals surface area contributed by atoms with E-state index in [9.17, 15) is 5.11 Å². The Morgan fingerprint density at radius 1 is 1.53 bits per heavy atom. The van der Waals surface area contributed by atoms with Gasteiger partial charge in [0, 0.05) is 30.8 Å². The predicted octanol–water partition coefficient (Wildman–Crippen LogP) is 1.26. The maximum absolute atomic E-state index is 10.5. The van der Waals surface area contributed by atoms with Crippen molar-refractivity contribution in [3.05, 3.63) is 29.6 Å². The van der Waals surface area contributed by atoms with Crippen LogP contribution in [-0.4, -0.2) is 28.9 Å². The van der Waals surface area contributed by atoms with Gasteiger partial charge in [-0.15, -0.1) is 0 Å². The minimum atomic E-state index is -0.667. The van der Waals surface area contributed by atoms with Crippen LogP contribution in [0.1, 0.15) is 30.0 Å². The third-order valence-electron chi connectivity index (χ3n) is 3.64. The zero-order valence-corrected chi connectivity index (χ0v) is 8.65. The summed E-state index contributed by atoms with van der Waals surface area (Å²) in [6.45, 7) is 1.14. The summed E-state index contributed by atoms with van der Waals surface area (Å²) in [6.07, 6.45) is 4.60. The number of hydrogen-bond acceptors (Lipinski definition) is 3. The van der Waals surface area contributed by atoms with Gasteiger partial charge in [0.25, 0.3) is 0 Å². The van der Waals surface area contributed by atoms with Crippen LogP contribution < -0.4 is 0 Å². The van der Waals surface area contributed by atoms with Gasteiger partial charge in [-0.1, -0.05) is 6.07 Å². The molecule has 1 aromatic heterocycles. The van der Waals surface area contributed by atoms with Crippen molar-refractivity contribution in [2.45, 2.75) is 30.8 Å². The summed E-state index contributed by atoms with van der Waals surface area (Å²) in [7, 11) is 0. The van der Waals surface area contributed by atoms with Crippen LogP contribution >= 0.6 is 0 Å². The van der Waals surface area contributed by atoms with Gasteiger partial charge in [0.1, 0.15) is 0 Å². The molecule has 1 fully saturated rings. The zero-order chi connectivity index (χ0) is 10.3. The third kappa shape index (κ3) is 1.38. The van der Waals surface area contributed by atoms with Crippen LogP contribution in [0.5, 0.6) is 0 Å². The van der Waals surface area contributed by atoms with Crippen molar-refractivity contribution in [1.82, 2.24) is 4.98 Å². The number of fused-ring (bicyclic) bond motifs is 1. The van der Waals surface area contributed by atoms with Crippen molar-refractivity contribution < 1.29 is 9.84 Å². The van der Waals surface area contributed by atoms with Gasteiger partial charge in [0.2, 0.25) is 0 Å². The molecule has 1 N–H and O–H groups in total. The fourth-order valence-electron chi connectivity index (χ4n) is 2.78. The number of hydrogen-bond donors (Lipinski definition) is 1.